The van der Waals surface area contributed by atoms with Crippen LogP contribution in [0.2, 0.25) is 0 Å². The molecule has 0 spiro atoms. The Balaban J connectivity index is 1.60. The quantitative estimate of drug-likeness (QED) is 0.820. The first-order valence-electron chi connectivity index (χ1n) is 7.49. The molecule has 0 aromatic carbocycles. The molecule has 0 N–H and O–H groups in total. The SMILES string of the molecule is O=C(c1ccco1)N1CCC(F)(C(=O)N2CCOCC2)CC1. The normalized spacial score (nSPS) is 21.7. The molecule has 0 atom stereocenters. The van der Waals surface area contributed by atoms with E-state index in [0.29, 0.717) is 26.3 Å². The third-order valence-corrected chi connectivity index (χ3v) is 4.26. The molecule has 1 aromatic rings. The van der Waals surface area contributed by atoms with Gasteiger partial charge in [0.1, 0.15) is 0 Å². The summed E-state index contributed by atoms with van der Waals surface area (Å²) in [7, 11) is 0. The predicted octanol–water partition coefficient (Wildman–Crippen LogP) is 1.08. The number of piperidine rings is 1. The second-order valence-corrected chi connectivity index (χ2v) is 5.64. The number of amides is 2. The molecule has 2 amide bonds. The molecule has 0 radical (unpaired) electrons. The summed E-state index contributed by atoms with van der Waals surface area (Å²) in [5.74, 6) is -0.488. The number of carbonyl (C=O) groups excluding carboxylic acids is 2. The summed E-state index contributed by atoms with van der Waals surface area (Å²) in [4.78, 5) is 27.5. The van der Waals surface area contributed by atoms with Crippen molar-refractivity contribution in [1.82, 2.24) is 9.80 Å². The van der Waals surface area contributed by atoms with Crippen LogP contribution in [0.5, 0.6) is 0 Å². The molecule has 3 heterocycles. The molecule has 2 aliphatic heterocycles. The number of furan rings is 1. The summed E-state index contributed by atoms with van der Waals surface area (Å²) in [6.07, 6.45) is 1.48. The fourth-order valence-corrected chi connectivity index (χ4v) is 2.88. The first kappa shape index (κ1) is 15.0. The van der Waals surface area contributed by atoms with E-state index in [0.717, 1.165) is 0 Å². The molecule has 0 saturated carbocycles. The van der Waals surface area contributed by atoms with Crippen LogP contribution in [0.15, 0.2) is 22.8 Å². The van der Waals surface area contributed by atoms with Crippen molar-refractivity contribution in [3.8, 4) is 0 Å². The summed E-state index contributed by atoms with van der Waals surface area (Å²) >= 11 is 0. The lowest BCUT2D eigenvalue weighted by Gasteiger charge is -2.38. The van der Waals surface area contributed by atoms with E-state index in [1.165, 1.54) is 16.1 Å². The van der Waals surface area contributed by atoms with Crippen LogP contribution >= 0.6 is 0 Å². The van der Waals surface area contributed by atoms with E-state index in [-0.39, 0.29) is 37.6 Å². The largest absolute Gasteiger partial charge is 0.459 e. The summed E-state index contributed by atoms with van der Waals surface area (Å²) in [5.41, 5.74) is -1.88. The molecule has 2 saturated heterocycles. The van der Waals surface area contributed by atoms with Gasteiger partial charge in [0.15, 0.2) is 11.4 Å². The number of rotatable bonds is 2. The van der Waals surface area contributed by atoms with Gasteiger partial charge in [0.25, 0.3) is 11.8 Å². The monoisotopic (exact) mass is 310 g/mol. The van der Waals surface area contributed by atoms with Crippen LogP contribution in [-0.2, 0) is 9.53 Å². The van der Waals surface area contributed by atoms with E-state index in [4.69, 9.17) is 9.15 Å². The number of carbonyl (C=O) groups is 2. The molecule has 0 aliphatic carbocycles. The zero-order chi connectivity index (χ0) is 15.6. The smallest absolute Gasteiger partial charge is 0.289 e. The second-order valence-electron chi connectivity index (χ2n) is 5.64. The number of halogens is 1. The van der Waals surface area contributed by atoms with Gasteiger partial charge in [-0.3, -0.25) is 9.59 Å². The Morgan fingerprint density at radius 2 is 1.77 bits per heavy atom. The van der Waals surface area contributed by atoms with Gasteiger partial charge >= 0.3 is 0 Å². The number of nitrogens with zero attached hydrogens (tertiary/aromatic N) is 2. The zero-order valence-corrected chi connectivity index (χ0v) is 12.3. The Hall–Kier alpha value is -1.89. The molecule has 2 fully saturated rings. The highest BCUT2D eigenvalue weighted by Gasteiger charge is 2.45. The van der Waals surface area contributed by atoms with Gasteiger partial charge in [-0.15, -0.1) is 0 Å². The lowest BCUT2D eigenvalue weighted by atomic mass is 9.91. The summed E-state index contributed by atoms with van der Waals surface area (Å²) in [6.45, 7) is 2.19. The van der Waals surface area contributed by atoms with Crippen LogP contribution in [0.3, 0.4) is 0 Å². The van der Waals surface area contributed by atoms with Crippen molar-refractivity contribution in [3.05, 3.63) is 24.2 Å². The Kier molecular flexibility index (Phi) is 4.15. The van der Waals surface area contributed by atoms with Crippen molar-refractivity contribution in [3.63, 3.8) is 0 Å². The highest BCUT2D eigenvalue weighted by atomic mass is 19.1. The lowest BCUT2D eigenvalue weighted by molar-refractivity contribution is -0.151. The van der Waals surface area contributed by atoms with Crippen molar-refractivity contribution < 1.29 is 23.1 Å². The first-order valence-corrected chi connectivity index (χ1v) is 7.49. The van der Waals surface area contributed by atoms with Crippen molar-refractivity contribution in [2.45, 2.75) is 18.5 Å². The predicted molar refractivity (Wildman–Crippen MR) is 75.1 cm³/mol. The van der Waals surface area contributed by atoms with Gasteiger partial charge < -0.3 is 19.0 Å². The summed E-state index contributed by atoms with van der Waals surface area (Å²) in [6, 6.07) is 3.22. The maximum absolute atomic E-state index is 14.9. The van der Waals surface area contributed by atoms with E-state index in [1.54, 1.807) is 12.1 Å². The Morgan fingerprint density at radius 1 is 1.09 bits per heavy atom. The van der Waals surface area contributed by atoms with Crippen LogP contribution in [-0.4, -0.2) is 66.7 Å². The van der Waals surface area contributed by atoms with Gasteiger partial charge in [-0.25, -0.2) is 4.39 Å². The third-order valence-electron chi connectivity index (χ3n) is 4.26. The molecule has 1 aromatic heterocycles. The van der Waals surface area contributed by atoms with E-state index >= 15 is 0 Å². The van der Waals surface area contributed by atoms with Gasteiger partial charge in [-0.05, 0) is 12.1 Å². The molecule has 22 heavy (non-hydrogen) atoms. The van der Waals surface area contributed by atoms with E-state index in [9.17, 15) is 14.0 Å². The molecule has 7 heteroatoms. The minimum Gasteiger partial charge on any atom is -0.459 e. The van der Waals surface area contributed by atoms with Crippen molar-refractivity contribution >= 4 is 11.8 Å². The van der Waals surface area contributed by atoms with Crippen LogP contribution in [0, 0.1) is 0 Å². The van der Waals surface area contributed by atoms with Crippen LogP contribution < -0.4 is 0 Å². The average molecular weight is 310 g/mol. The van der Waals surface area contributed by atoms with Gasteiger partial charge in [0, 0.05) is 39.0 Å². The van der Waals surface area contributed by atoms with Crippen molar-refractivity contribution in [1.29, 1.82) is 0 Å². The molecular weight excluding hydrogens is 291 g/mol. The first-order chi connectivity index (χ1) is 10.6. The maximum Gasteiger partial charge on any atom is 0.289 e. The van der Waals surface area contributed by atoms with Crippen LogP contribution in [0.4, 0.5) is 4.39 Å². The van der Waals surface area contributed by atoms with Gasteiger partial charge in [-0.1, -0.05) is 0 Å². The fraction of sp³-hybridized carbons (Fsp3) is 0.600. The highest BCUT2D eigenvalue weighted by Crippen LogP contribution is 2.30. The molecule has 0 unspecified atom stereocenters. The molecular formula is C15H19FN2O4. The van der Waals surface area contributed by atoms with Crippen molar-refractivity contribution in [2.75, 3.05) is 39.4 Å². The topological polar surface area (TPSA) is 63.0 Å². The van der Waals surface area contributed by atoms with E-state index < -0.39 is 11.6 Å². The van der Waals surface area contributed by atoms with Gasteiger partial charge in [0.2, 0.25) is 0 Å². The maximum atomic E-state index is 14.9. The Bertz CT molecular complexity index is 532. The molecule has 2 aliphatic rings. The molecule has 6 nitrogen and oxygen atoms in total. The van der Waals surface area contributed by atoms with E-state index in [1.807, 2.05) is 0 Å². The Labute approximate surface area is 127 Å². The molecule has 0 bridgehead atoms. The number of hydrogen-bond donors (Lipinski definition) is 0. The minimum absolute atomic E-state index is 0.0235. The third kappa shape index (κ3) is 2.85. The van der Waals surface area contributed by atoms with Gasteiger partial charge in [0.05, 0.1) is 19.5 Å². The highest BCUT2D eigenvalue weighted by molar-refractivity contribution is 5.92. The number of ether oxygens (including phenoxy) is 1. The number of morpholine rings is 1. The second kappa shape index (κ2) is 6.08. The molecule has 3 rings (SSSR count). The van der Waals surface area contributed by atoms with Crippen LogP contribution in [0.1, 0.15) is 23.4 Å². The van der Waals surface area contributed by atoms with Crippen molar-refractivity contribution in [2.24, 2.45) is 0 Å². The summed E-state index contributed by atoms with van der Waals surface area (Å²) < 4.78 is 25.2. The minimum atomic E-state index is -1.88. The summed E-state index contributed by atoms with van der Waals surface area (Å²) in [5, 5.41) is 0. The number of hydrogen-bond acceptors (Lipinski definition) is 4. The Morgan fingerprint density at radius 3 is 2.36 bits per heavy atom. The molecule has 120 valence electrons. The lowest BCUT2D eigenvalue weighted by Crippen LogP contribution is -2.55. The zero-order valence-electron chi connectivity index (χ0n) is 12.3. The average Bonchev–Trinajstić information content (AvgIpc) is 3.09. The number of likely N-dealkylation sites (tertiary alicyclic amines) is 1. The standard InChI is InChI=1S/C15H19FN2O4/c16-15(14(20)18-7-10-21-11-8-18)3-5-17(6-4-15)13(19)12-2-1-9-22-12/h1-2,9H,3-8,10-11H2. The van der Waals surface area contributed by atoms with Gasteiger partial charge in [-0.2, -0.15) is 0 Å². The number of alkyl halides is 1. The van der Waals surface area contributed by atoms with E-state index in [2.05, 4.69) is 0 Å². The fourth-order valence-electron chi connectivity index (χ4n) is 2.88. The van der Waals surface area contributed by atoms with Crippen LogP contribution in [0.25, 0.3) is 0 Å².